The van der Waals surface area contributed by atoms with Crippen molar-refractivity contribution < 1.29 is 13.9 Å². The van der Waals surface area contributed by atoms with Crippen LogP contribution in [0, 0.1) is 0 Å². The first-order chi connectivity index (χ1) is 13.7. The second kappa shape index (κ2) is 6.87. The molecule has 0 bridgehead atoms. The fourth-order valence-corrected chi connectivity index (χ4v) is 4.48. The minimum atomic E-state index is 0.104. The maximum absolute atomic E-state index is 13.2. The minimum absolute atomic E-state index is 0.104. The molecule has 4 heterocycles. The van der Waals surface area contributed by atoms with Crippen molar-refractivity contribution in [2.75, 3.05) is 20.2 Å². The number of carbonyl (C=O) groups excluding carboxylic acids is 1. The lowest BCUT2D eigenvalue weighted by molar-refractivity contribution is 0.0556. The number of furan rings is 1. The van der Waals surface area contributed by atoms with Crippen molar-refractivity contribution >= 4 is 5.91 Å². The first-order valence-corrected chi connectivity index (χ1v) is 9.57. The van der Waals surface area contributed by atoms with Crippen LogP contribution in [0.4, 0.5) is 0 Å². The summed E-state index contributed by atoms with van der Waals surface area (Å²) in [6.45, 7) is 3.22. The summed E-state index contributed by atoms with van der Waals surface area (Å²) in [6.07, 6.45) is 5.54. The number of fused-ring (bicyclic) bond motifs is 3. The molecule has 5 rings (SSSR count). The Kier molecular flexibility index (Phi) is 4.20. The molecule has 6 heteroatoms. The molecule has 0 unspecified atom stereocenters. The number of ether oxygens (including phenoxy) is 1. The first kappa shape index (κ1) is 17.1. The van der Waals surface area contributed by atoms with E-state index >= 15 is 0 Å². The van der Waals surface area contributed by atoms with E-state index in [4.69, 9.17) is 9.15 Å². The molecule has 144 valence electrons. The molecule has 3 aromatic rings. The van der Waals surface area contributed by atoms with Crippen molar-refractivity contribution in [3.63, 3.8) is 0 Å². The number of benzene rings is 1. The topological polar surface area (TPSA) is 50.9 Å². The van der Waals surface area contributed by atoms with Crippen LogP contribution in [0.3, 0.4) is 0 Å². The number of hydrogen-bond acceptors (Lipinski definition) is 4. The maximum Gasteiger partial charge on any atom is 0.271 e. The maximum atomic E-state index is 13.2. The molecule has 1 amide bonds. The second-order valence-corrected chi connectivity index (χ2v) is 7.54. The van der Waals surface area contributed by atoms with Crippen molar-refractivity contribution in [1.29, 1.82) is 0 Å². The molecule has 2 aliphatic heterocycles. The normalized spacial score (nSPS) is 21.6. The summed E-state index contributed by atoms with van der Waals surface area (Å²) in [5.74, 6) is 0.930. The Morgan fingerprint density at radius 2 is 1.86 bits per heavy atom. The van der Waals surface area contributed by atoms with Crippen molar-refractivity contribution in [2.24, 2.45) is 0 Å². The van der Waals surface area contributed by atoms with Crippen LogP contribution in [0.1, 0.15) is 27.7 Å². The molecule has 0 saturated carbocycles. The lowest BCUT2D eigenvalue weighted by atomic mass is 10.0. The van der Waals surface area contributed by atoms with Gasteiger partial charge in [-0.3, -0.25) is 9.69 Å². The van der Waals surface area contributed by atoms with Gasteiger partial charge >= 0.3 is 0 Å². The molecule has 2 atom stereocenters. The van der Waals surface area contributed by atoms with Gasteiger partial charge in [0.15, 0.2) is 0 Å². The van der Waals surface area contributed by atoms with Gasteiger partial charge in [0, 0.05) is 37.9 Å². The number of carbonyl (C=O) groups is 1. The van der Waals surface area contributed by atoms with E-state index in [1.165, 1.54) is 5.56 Å². The second-order valence-electron chi connectivity index (χ2n) is 7.54. The summed E-state index contributed by atoms with van der Waals surface area (Å²) in [5, 5.41) is 0. The van der Waals surface area contributed by atoms with Gasteiger partial charge in [-0.15, -0.1) is 0 Å². The van der Waals surface area contributed by atoms with Crippen molar-refractivity contribution in [3.05, 3.63) is 78.0 Å². The number of likely N-dealkylation sites (tertiary alicyclic amines) is 1. The van der Waals surface area contributed by atoms with Crippen LogP contribution in [-0.2, 0) is 13.1 Å². The van der Waals surface area contributed by atoms with E-state index < -0.39 is 0 Å². The smallest absolute Gasteiger partial charge is 0.271 e. The van der Waals surface area contributed by atoms with Crippen molar-refractivity contribution in [1.82, 2.24) is 14.4 Å². The number of aromatic nitrogens is 1. The van der Waals surface area contributed by atoms with E-state index in [2.05, 4.69) is 9.47 Å². The summed E-state index contributed by atoms with van der Waals surface area (Å²) in [6, 6.07) is 14.3. The Labute approximate surface area is 163 Å². The van der Waals surface area contributed by atoms with Gasteiger partial charge in [-0.05, 0) is 35.9 Å². The molecule has 6 nitrogen and oxygen atoms in total. The molecule has 0 N–H and O–H groups in total. The summed E-state index contributed by atoms with van der Waals surface area (Å²) < 4.78 is 12.6. The fourth-order valence-electron chi connectivity index (χ4n) is 4.48. The Balaban J connectivity index is 1.42. The van der Waals surface area contributed by atoms with Gasteiger partial charge in [-0.2, -0.15) is 0 Å². The zero-order chi connectivity index (χ0) is 19.1. The SMILES string of the molecule is COc1ccc(CN2C(=O)c3cccn3[C@H]3CN(Cc4ccoc4)C[C@H]32)cc1. The van der Waals surface area contributed by atoms with E-state index in [9.17, 15) is 4.79 Å². The summed E-state index contributed by atoms with van der Waals surface area (Å²) in [4.78, 5) is 17.7. The highest BCUT2D eigenvalue weighted by Gasteiger charge is 2.44. The number of methoxy groups -OCH3 is 1. The molecule has 0 spiro atoms. The molecule has 1 aromatic carbocycles. The number of amides is 1. The quantitative estimate of drug-likeness (QED) is 0.685. The monoisotopic (exact) mass is 377 g/mol. The van der Waals surface area contributed by atoms with E-state index in [1.54, 1.807) is 19.6 Å². The van der Waals surface area contributed by atoms with Crippen molar-refractivity contribution in [2.45, 2.75) is 25.2 Å². The van der Waals surface area contributed by atoms with Gasteiger partial charge in [-0.25, -0.2) is 0 Å². The van der Waals surface area contributed by atoms with Crippen LogP contribution < -0.4 is 4.74 Å². The third kappa shape index (κ3) is 2.90. The highest BCUT2D eigenvalue weighted by Crippen LogP contribution is 2.35. The highest BCUT2D eigenvalue weighted by molar-refractivity contribution is 5.94. The largest absolute Gasteiger partial charge is 0.497 e. The molecule has 1 saturated heterocycles. The van der Waals surface area contributed by atoms with Gasteiger partial charge in [-0.1, -0.05) is 12.1 Å². The van der Waals surface area contributed by atoms with E-state index in [0.717, 1.165) is 36.6 Å². The Hall–Kier alpha value is -2.99. The van der Waals surface area contributed by atoms with Crippen LogP contribution in [0.15, 0.2) is 65.6 Å². The zero-order valence-corrected chi connectivity index (χ0v) is 15.8. The Morgan fingerprint density at radius 3 is 2.61 bits per heavy atom. The van der Waals surface area contributed by atoms with Crippen LogP contribution in [0.5, 0.6) is 5.75 Å². The predicted molar refractivity (Wildman–Crippen MR) is 104 cm³/mol. The van der Waals surface area contributed by atoms with E-state index in [1.807, 2.05) is 53.6 Å². The molecule has 2 aliphatic rings. The van der Waals surface area contributed by atoms with Gasteiger partial charge in [0.2, 0.25) is 0 Å². The van der Waals surface area contributed by atoms with Crippen LogP contribution in [0.25, 0.3) is 0 Å². The zero-order valence-electron chi connectivity index (χ0n) is 15.8. The highest BCUT2D eigenvalue weighted by atomic mass is 16.5. The molecule has 1 fully saturated rings. The molecular formula is C22H23N3O3. The van der Waals surface area contributed by atoms with Gasteiger partial charge < -0.3 is 18.6 Å². The molecule has 0 aliphatic carbocycles. The third-order valence-corrected chi connectivity index (χ3v) is 5.85. The lowest BCUT2D eigenvalue weighted by Gasteiger charge is -2.38. The van der Waals surface area contributed by atoms with Crippen LogP contribution in [-0.4, -0.2) is 46.5 Å². The average molecular weight is 377 g/mol. The number of rotatable bonds is 5. The molecule has 2 aromatic heterocycles. The average Bonchev–Trinajstić information content (AvgIpc) is 3.46. The molecule has 28 heavy (non-hydrogen) atoms. The Bertz CT molecular complexity index is 961. The summed E-state index contributed by atoms with van der Waals surface area (Å²) in [5.41, 5.74) is 3.06. The lowest BCUT2D eigenvalue weighted by Crippen LogP contribution is -2.49. The Morgan fingerprint density at radius 1 is 1.04 bits per heavy atom. The third-order valence-electron chi connectivity index (χ3n) is 5.85. The van der Waals surface area contributed by atoms with Gasteiger partial charge in [0.25, 0.3) is 5.91 Å². The minimum Gasteiger partial charge on any atom is -0.497 e. The number of hydrogen-bond donors (Lipinski definition) is 0. The van der Waals surface area contributed by atoms with Crippen molar-refractivity contribution in [3.8, 4) is 5.75 Å². The van der Waals surface area contributed by atoms with Crippen LogP contribution in [0.2, 0.25) is 0 Å². The van der Waals surface area contributed by atoms with E-state index in [-0.39, 0.29) is 18.0 Å². The summed E-state index contributed by atoms with van der Waals surface area (Å²) in [7, 11) is 1.66. The standard InChI is InChI=1S/C22H23N3O3/c1-27-18-6-4-16(5-7-18)12-25-21-14-23(11-17-8-10-28-15-17)13-20(21)24-9-2-3-19(24)22(25)26/h2-10,15,20-21H,11-14H2,1H3/t20-,21+/m0/s1. The summed E-state index contributed by atoms with van der Waals surface area (Å²) >= 11 is 0. The van der Waals surface area contributed by atoms with Crippen LogP contribution >= 0.6 is 0 Å². The fraction of sp³-hybridized carbons (Fsp3) is 0.318. The van der Waals surface area contributed by atoms with Gasteiger partial charge in [0.05, 0.1) is 31.7 Å². The van der Waals surface area contributed by atoms with Gasteiger partial charge in [0.1, 0.15) is 11.4 Å². The predicted octanol–water partition coefficient (Wildman–Crippen LogP) is 3.17. The molecular weight excluding hydrogens is 354 g/mol. The first-order valence-electron chi connectivity index (χ1n) is 9.57. The van der Waals surface area contributed by atoms with E-state index in [0.29, 0.717) is 6.54 Å². The molecule has 0 radical (unpaired) electrons. The number of nitrogens with zero attached hydrogens (tertiary/aromatic N) is 3.